The molecule has 0 aromatic rings. The van der Waals surface area contributed by atoms with E-state index in [9.17, 15) is 24.9 Å². The molecule has 3 saturated carbocycles. The molecule has 0 unspecified atom stereocenters. The number of likely N-dealkylation sites (N-methyl/N-ethyl adjacent to an activating group) is 1. The monoisotopic (exact) mass is 397 g/mol. The second-order valence-electron chi connectivity index (χ2n) is 9.00. The Balaban J connectivity index is 2.03. The Bertz CT molecular complexity index is 597. The van der Waals surface area contributed by atoms with Crippen molar-refractivity contribution in [3.05, 3.63) is 0 Å². The minimum absolute atomic E-state index is 0.0146. The lowest BCUT2D eigenvalue weighted by Crippen LogP contribution is -2.64. The molecule has 3 aliphatic rings. The number of rotatable bonds is 6. The van der Waals surface area contributed by atoms with E-state index in [4.69, 9.17) is 4.74 Å². The first-order chi connectivity index (χ1) is 13.3. The average Bonchev–Trinajstić information content (AvgIpc) is 3.00. The van der Waals surface area contributed by atoms with Crippen LogP contribution in [0.25, 0.3) is 0 Å². The highest BCUT2D eigenvalue weighted by molar-refractivity contribution is 5.89. The Morgan fingerprint density at radius 1 is 1.21 bits per heavy atom. The number of carbonyl (C=O) groups is 2. The predicted octanol–water partition coefficient (Wildman–Crippen LogP) is 0.595. The number of ether oxygens (including phenoxy) is 1. The third kappa shape index (κ3) is 3.30. The number of carbonyl (C=O) groups excluding carboxylic acids is 2. The summed E-state index contributed by atoms with van der Waals surface area (Å²) in [6.45, 7) is 3.68. The maximum absolute atomic E-state index is 13.8. The van der Waals surface area contributed by atoms with Gasteiger partial charge >= 0.3 is 0 Å². The normalized spacial score (nSPS) is 42.6. The maximum Gasteiger partial charge on any atom is 0.232 e. The summed E-state index contributed by atoms with van der Waals surface area (Å²) in [6, 6.07) is 0. The summed E-state index contributed by atoms with van der Waals surface area (Å²) < 4.78 is 5.80. The molecule has 3 fully saturated rings. The summed E-state index contributed by atoms with van der Waals surface area (Å²) in [5.41, 5.74) is -0.990. The van der Waals surface area contributed by atoms with Crippen LogP contribution in [0.4, 0.5) is 0 Å². The van der Waals surface area contributed by atoms with Crippen molar-refractivity contribution in [1.29, 1.82) is 0 Å². The topological polar surface area (TPSA) is 107 Å². The van der Waals surface area contributed by atoms with E-state index < -0.39 is 17.6 Å². The van der Waals surface area contributed by atoms with Crippen LogP contribution in [0.5, 0.6) is 0 Å². The van der Waals surface area contributed by atoms with Gasteiger partial charge in [-0.1, -0.05) is 0 Å². The Morgan fingerprint density at radius 2 is 1.93 bits per heavy atom. The van der Waals surface area contributed by atoms with Crippen LogP contribution in [-0.4, -0.2) is 77.0 Å². The number of nitrogens with zero attached hydrogens (tertiary/aromatic N) is 1. The highest BCUT2D eigenvalue weighted by Gasteiger charge is 2.65. The number of amides is 1. The van der Waals surface area contributed by atoms with Crippen LogP contribution in [0.1, 0.15) is 46.0 Å². The van der Waals surface area contributed by atoms with Gasteiger partial charge in [-0.2, -0.15) is 0 Å². The zero-order valence-electron chi connectivity index (χ0n) is 17.2. The molecule has 0 bridgehead atoms. The molecule has 1 amide bonds. The van der Waals surface area contributed by atoms with E-state index in [1.54, 1.807) is 12.0 Å². The van der Waals surface area contributed by atoms with Gasteiger partial charge in [0.05, 0.1) is 30.3 Å². The molecule has 7 heteroatoms. The number of ketones is 1. The van der Waals surface area contributed by atoms with E-state index >= 15 is 0 Å². The molecule has 3 N–H and O–H groups in total. The van der Waals surface area contributed by atoms with Crippen molar-refractivity contribution in [3.63, 3.8) is 0 Å². The first kappa shape index (κ1) is 21.7. The smallest absolute Gasteiger partial charge is 0.232 e. The molecule has 7 nitrogen and oxygen atoms in total. The fourth-order valence-corrected chi connectivity index (χ4v) is 6.51. The standard InChI is InChI=1S/C21H35NO6/c1-4-22(10-12(2)24)20(27)21-7-5-6-16(28-3)18(21)14-8-13(11-23)19(26)15(14)9-17(21)25/h13-19,23,25-26H,4-11H2,1-3H3/t13-,14-,15-,16-,17+,18+,19+,21-/m1/s1. The summed E-state index contributed by atoms with van der Waals surface area (Å²) in [5, 5.41) is 31.7. The number of aliphatic hydroxyl groups is 3. The second-order valence-corrected chi connectivity index (χ2v) is 9.00. The summed E-state index contributed by atoms with van der Waals surface area (Å²) in [4.78, 5) is 27.0. The molecule has 3 rings (SSSR count). The Labute approximate surface area is 167 Å². The van der Waals surface area contributed by atoms with Crippen molar-refractivity contribution in [2.24, 2.45) is 29.1 Å². The first-order valence-electron chi connectivity index (χ1n) is 10.6. The molecule has 0 saturated heterocycles. The predicted molar refractivity (Wildman–Crippen MR) is 102 cm³/mol. The van der Waals surface area contributed by atoms with Gasteiger partial charge in [0.1, 0.15) is 5.78 Å². The number of methoxy groups -OCH3 is 1. The van der Waals surface area contributed by atoms with Crippen LogP contribution < -0.4 is 0 Å². The molecular weight excluding hydrogens is 362 g/mol. The molecule has 28 heavy (non-hydrogen) atoms. The van der Waals surface area contributed by atoms with Crippen LogP contribution in [-0.2, 0) is 14.3 Å². The Kier molecular flexibility index (Phi) is 6.49. The molecule has 0 aliphatic heterocycles. The zero-order chi connectivity index (χ0) is 20.6. The van der Waals surface area contributed by atoms with Crippen molar-refractivity contribution in [3.8, 4) is 0 Å². The minimum atomic E-state index is -0.990. The van der Waals surface area contributed by atoms with Crippen LogP contribution in [0.3, 0.4) is 0 Å². The molecular formula is C21H35NO6. The lowest BCUT2D eigenvalue weighted by molar-refractivity contribution is -0.196. The molecule has 0 heterocycles. The van der Waals surface area contributed by atoms with Gasteiger partial charge in [0.15, 0.2) is 0 Å². The van der Waals surface area contributed by atoms with Crippen molar-refractivity contribution < 1.29 is 29.6 Å². The largest absolute Gasteiger partial charge is 0.396 e. The average molecular weight is 398 g/mol. The summed E-state index contributed by atoms with van der Waals surface area (Å²) >= 11 is 0. The van der Waals surface area contributed by atoms with E-state index in [-0.39, 0.29) is 54.6 Å². The summed E-state index contributed by atoms with van der Waals surface area (Å²) in [5.74, 6) is -0.823. The number of fused-ring (bicyclic) bond motifs is 3. The summed E-state index contributed by atoms with van der Waals surface area (Å²) in [6.07, 6.45) is 1.39. The van der Waals surface area contributed by atoms with Crippen LogP contribution in [0.15, 0.2) is 0 Å². The van der Waals surface area contributed by atoms with Crippen molar-refractivity contribution in [1.82, 2.24) is 4.90 Å². The molecule has 3 aliphatic carbocycles. The lowest BCUT2D eigenvalue weighted by atomic mass is 9.50. The van der Waals surface area contributed by atoms with E-state index in [1.165, 1.54) is 6.92 Å². The fraction of sp³-hybridized carbons (Fsp3) is 0.905. The maximum atomic E-state index is 13.8. The van der Waals surface area contributed by atoms with E-state index in [2.05, 4.69) is 0 Å². The Morgan fingerprint density at radius 3 is 2.50 bits per heavy atom. The Hall–Kier alpha value is -1.02. The lowest BCUT2D eigenvalue weighted by Gasteiger charge is -2.57. The van der Waals surface area contributed by atoms with Gasteiger partial charge in [0.2, 0.25) is 5.91 Å². The third-order valence-corrected chi connectivity index (χ3v) is 7.69. The van der Waals surface area contributed by atoms with Gasteiger partial charge in [-0.25, -0.2) is 0 Å². The molecule has 0 aromatic heterocycles. The van der Waals surface area contributed by atoms with Gasteiger partial charge in [-0.15, -0.1) is 0 Å². The number of Topliss-reactive ketones (excluding diaryl/α,β-unsaturated/α-hetero) is 1. The van der Waals surface area contributed by atoms with Gasteiger partial charge < -0.3 is 25.0 Å². The van der Waals surface area contributed by atoms with E-state index in [0.29, 0.717) is 25.8 Å². The second kappa shape index (κ2) is 8.38. The van der Waals surface area contributed by atoms with Crippen LogP contribution in [0, 0.1) is 29.1 Å². The van der Waals surface area contributed by atoms with Crippen molar-refractivity contribution in [2.75, 3.05) is 26.8 Å². The molecule has 160 valence electrons. The molecule has 8 atom stereocenters. The van der Waals surface area contributed by atoms with Gasteiger partial charge in [-0.05, 0) is 57.8 Å². The van der Waals surface area contributed by atoms with Gasteiger partial charge in [-0.3, -0.25) is 9.59 Å². The molecule has 0 radical (unpaired) electrons. The summed E-state index contributed by atoms with van der Waals surface area (Å²) in [7, 11) is 1.64. The highest BCUT2D eigenvalue weighted by atomic mass is 16.5. The minimum Gasteiger partial charge on any atom is -0.396 e. The van der Waals surface area contributed by atoms with Crippen LogP contribution >= 0.6 is 0 Å². The number of hydrogen-bond acceptors (Lipinski definition) is 6. The fourth-order valence-electron chi connectivity index (χ4n) is 6.51. The van der Waals surface area contributed by atoms with Gasteiger partial charge in [0, 0.05) is 32.1 Å². The highest BCUT2D eigenvalue weighted by Crippen LogP contribution is 2.60. The van der Waals surface area contributed by atoms with Crippen LogP contribution in [0.2, 0.25) is 0 Å². The third-order valence-electron chi connectivity index (χ3n) is 7.69. The zero-order valence-corrected chi connectivity index (χ0v) is 17.2. The van der Waals surface area contributed by atoms with Gasteiger partial charge in [0.25, 0.3) is 0 Å². The van der Waals surface area contributed by atoms with E-state index in [1.807, 2.05) is 6.92 Å². The quantitative estimate of drug-likeness (QED) is 0.606. The SMILES string of the molecule is CCN(CC(C)=O)C(=O)[C@@]12CCC[C@@H](OC)[C@@H]1[C@@H]1C[C@H](CO)[C@H](O)[C@@H]1C[C@@H]2O. The first-order valence-corrected chi connectivity index (χ1v) is 10.6. The number of aliphatic hydroxyl groups excluding tert-OH is 3. The van der Waals surface area contributed by atoms with Crippen molar-refractivity contribution >= 4 is 11.7 Å². The molecule has 0 spiro atoms. The van der Waals surface area contributed by atoms with E-state index in [0.717, 1.165) is 12.8 Å². The van der Waals surface area contributed by atoms with Crippen molar-refractivity contribution in [2.45, 2.75) is 64.3 Å². The molecule has 0 aromatic carbocycles. The number of hydrogen-bond donors (Lipinski definition) is 3.